The van der Waals surface area contributed by atoms with Crippen molar-refractivity contribution in [3.8, 4) is 11.3 Å². The predicted octanol–water partition coefficient (Wildman–Crippen LogP) is 4.60. The van der Waals surface area contributed by atoms with Crippen LogP contribution in [0.25, 0.3) is 11.3 Å². The zero-order valence-electron chi connectivity index (χ0n) is 13.6. The number of carbonyl (C=O) groups is 1. The van der Waals surface area contributed by atoms with Crippen LogP contribution in [0.4, 0.5) is 0 Å². The van der Waals surface area contributed by atoms with E-state index >= 15 is 0 Å². The molecule has 3 rings (SSSR count). The Balaban J connectivity index is 1.89. The Morgan fingerprint density at radius 2 is 1.88 bits per heavy atom. The van der Waals surface area contributed by atoms with Crippen molar-refractivity contribution >= 4 is 37.8 Å². The van der Waals surface area contributed by atoms with Crippen molar-refractivity contribution in [3.63, 3.8) is 0 Å². The summed E-state index contributed by atoms with van der Waals surface area (Å²) in [7, 11) is 1.65. The van der Waals surface area contributed by atoms with Crippen molar-refractivity contribution < 1.29 is 4.79 Å². The summed E-state index contributed by atoms with van der Waals surface area (Å²) in [6.45, 7) is 0. The predicted molar refractivity (Wildman–Crippen MR) is 106 cm³/mol. The number of halogens is 2. The zero-order chi connectivity index (χ0) is 17.8. The van der Waals surface area contributed by atoms with Gasteiger partial charge in [-0.2, -0.15) is 5.10 Å². The molecule has 0 saturated heterocycles. The highest BCUT2D eigenvalue weighted by molar-refractivity contribution is 9.10. The van der Waals surface area contributed by atoms with E-state index in [-0.39, 0.29) is 5.91 Å². The van der Waals surface area contributed by atoms with E-state index in [0.717, 1.165) is 25.8 Å². The van der Waals surface area contributed by atoms with Crippen molar-refractivity contribution in [3.05, 3.63) is 75.3 Å². The van der Waals surface area contributed by atoms with Gasteiger partial charge < -0.3 is 5.32 Å². The molecule has 0 fully saturated rings. The average molecular weight is 463 g/mol. The molecule has 0 aliphatic carbocycles. The highest BCUT2D eigenvalue weighted by Crippen LogP contribution is 2.23. The second-order valence-electron chi connectivity index (χ2n) is 5.65. The number of nitrogens with zero attached hydrogens (tertiary/aromatic N) is 2. The van der Waals surface area contributed by atoms with Crippen molar-refractivity contribution in [2.45, 2.75) is 12.5 Å². The topological polar surface area (TPSA) is 46.9 Å². The monoisotopic (exact) mass is 461 g/mol. The van der Waals surface area contributed by atoms with Crippen LogP contribution >= 0.6 is 31.9 Å². The van der Waals surface area contributed by atoms with Crippen molar-refractivity contribution in [1.82, 2.24) is 15.1 Å². The molecule has 0 radical (unpaired) electrons. The SMILES string of the molecule is CNC(=O)[C@H](Cc1cccc(Br)c1)n1ccc(-c2ccc(Br)cc2)n1. The minimum Gasteiger partial charge on any atom is -0.357 e. The molecule has 6 heteroatoms. The Morgan fingerprint density at radius 3 is 2.56 bits per heavy atom. The number of hydrogen-bond donors (Lipinski definition) is 1. The lowest BCUT2D eigenvalue weighted by molar-refractivity contribution is -0.124. The Labute approximate surface area is 163 Å². The van der Waals surface area contributed by atoms with E-state index in [2.05, 4.69) is 42.3 Å². The van der Waals surface area contributed by atoms with E-state index in [4.69, 9.17) is 0 Å². The smallest absolute Gasteiger partial charge is 0.244 e. The third-order valence-electron chi connectivity index (χ3n) is 3.93. The summed E-state index contributed by atoms with van der Waals surface area (Å²) in [5.41, 5.74) is 2.93. The van der Waals surface area contributed by atoms with Gasteiger partial charge in [0.05, 0.1) is 5.69 Å². The Bertz CT molecular complexity index is 874. The van der Waals surface area contributed by atoms with Gasteiger partial charge in [-0.3, -0.25) is 9.48 Å². The summed E-state index contributed by atoms with van der Waals surface area (Å²) in [6, 6.07) is 17.5. The van der Waals surface area contributed by atoms with Gasteiger partial charge >= 0.3 is 0 Å². The van der Waals surface area contributed by atoms with Crippen molar-refractivity contribution in [1.29, 1.82) is 0 Å². The van der Waals surface area contributed by atoms with Crippen LogP contribution < -0.4 is 5.32 Å². The largest absolute Gasteiger partial charge is 0.357 e. The van der Waals surface area contributed by atoms with Gasteiger partial charge in [-0.05, 0) is 35.9 Å². The van der Waals surface area contributed by atoms with Crippen LogP contribution in [0.2, 0.25) is 0 Å². The van der Waals surface area contributed by atoms with Crippen LogP contribution in [0, 0.1) is 0 Å². The average Bonchev–Trinajstić information content (AvgIpc) is 3.09. The van der Waals surface area contributed by atoms with E-state index in [9.17, 15) is 4.79 Å². The van der Waals surface area contributed by atoms with Crippen LogP contribution in [0.3, 0.4) is 0 Å². The number of aromatic nitrogens is 2. The first-order valence-corrected chi connectivity index (χ1v) is 9.42. The molecule has 1 aromatic heterocycles. The van der Waals surface area contributed by atoms with Gasteiger partial charge in [0.15, 0.2) is 0 Å². The summed E-state index contributed by atoms with van der Waals surface area (Å²) in [5.74, 6) is -0.0644. The maximum Gasteiger partial charge on any atom is 0.244 e. The first kappa shape index (κ1) is 17.9. The molecule has 1 amide bonds. The van der Waals surface area contributed by atoms with Crippen molar-refractivity contribution in [2.75, 3.05) is 7.05 Å². The molecule has 25 heavy (non-hydrogen) atoms. The molecule has 128 valence electrons. The fourth-order valence-corrected chi connectivity index (χ4v) is 3.36. The molecule has 1 heterocycles. The number of amides is 1. The molecule has 4 nitrogen and oxygen atoms in total. The Kier molecular flexibility index (Phi) is 5.71. The summed E-state index contributed by atoms with van der Waals surface area (Å²) in [4.78, 5) is 12.4. The quantitative estimate of drug-likeness (QED) is 0.602. The van der Waals surface area contributed by atoms with Crippen LogP contribution in [-0.2, 0) is 11.2 Å². The summed E-state index contributed by atoms with van der Waals surface area (Å²) in [5, 5.41) is 7.36. The Hall–Kier alpha value is -1.92. The number of carbonyl (C=O) groups excluding carboxylic acids is 1. The number of likely N-dealkylation sites (N-methyl/N-ethyl adjacent to an activating group) is 1. The summed E-state index contributed by atoms with van der Waals surface area (Å²) in [6.07, 6.45) is 2.43. The second-order valence-corrected chi connectivity index (χ2v) is 7.48. The number of nitrogens with one attached hydrogen (secondary N) is 1. The first-order chi connectivity index (χ1) is 12.1. The van der Waals surface area contributed by atoms with Gasteiger partial charge in [0.2, 0.25) is 5.91 Å². The lowest BCUT2D eigenvalue weighted by atomic mass is 10.1. The van der Waals surface area contributed by atoms with Gasteiger partial charge in [0.1, 0.15) is 6.04 Å². The van der Waals surface area contributed by atoms with Crippen LogP contribution in [-0.4, -0.2) is 22.7 Å². The van der Waals surface area contributed by atoms with Crippen LogP contribution in [0.1, 0.15) is 11.6 Å². The molecular formula is C19H17Br2N3O. The van der Waals surface area contributed by atoms with Gasteiger partial charge in [0, 0.05) is 34.2 Å². The van der Waals surface area contributed by atoms with Gasteiger partial charge in [-0.1, -0.05) is 56.1 Å². The highest BCUT2D eigenvalue weighted by atomic mass is 79.9. The maximum atomic E-state index is 12.4. The Morgan fingerprint density at radius 1 is 1.12 bits per heavy atom. The molecular weight excluding hydrogens is 446 g/mol. The van der Waals surface area contributed by atoms with Crippen LogP contribution in [0.15, 0.2) is 69.7 Å². The molecule has 0 spiro atoms. The molecule has 0 aliphatic rings. The van der Waals surface area contributed by atoms with E-state index in [1.807, 2.05) is 60.8 Å². The molecule has 0 saturated carbocycles. The normalized spacial score (nSPS) is 12.0. The molecule has 0 bridgehead atoms. The molecule has 2 aromatic carbocycles. The minimum atomic E-state index is -0.400. The summed E-state index contributed by atoms with van der Waals surface area (Å²) >= 11 is 6.91. The lowest BCUT2D eigenvalue weighted by Crippen LogP contribution is -2.31. The highest BCUT2D eigenvalue weighted by Gasteiger charge is 2.21. The third-order valence-corrected chi connectivity index (χ3v) is 4.96. The lowest BCUT2D eigenvalue weighted by Gasteiger charge is -2.16. The fourth-order valence-electron chi connectivity index (χ4n) is 2.65. The first-order valence-electron chi connectivity index (χ1n) is 7.84. The van der Waals surface area contributed by atoms with Crippen molar-refractivity contribution in [2.24, 2.45) is 0 Å². The second kappa shape index (κ2) is 7.97. The fraction of sp³-hybridized carbons (Fsp3) is 0.158. The van der Waals surface area contributed by atoms with E-state index in [1.165, 1.54) is 0 Å². The summed E-state index contributed by atoms with van der Waals surface area (Å²) < 4.78 is 3.75. The number of hydrogen-bond acceptors (Lipinski definition) is 2. The van der Waals surface area contributed by atoms with Gasteiger partial charge in [-0.25, -0.2) is 0 Å². The molecule has 1 atom stereocenters. The molecule has 3 aromatic rings. The third kappa shape index (κ3) is 4.38. The standard InChI is InChI=1S/C19H17Br2N3O/c1-22-19(25)18(12-13-3-2-4-16(21)11-13)24-10-9-17(23-24)14-5-7-15(20)8-6-14/h2-11,18H,12H2,1H3,(H,22,25)/t18-/m0/s1. The van der Waals surface area contributed by atoms with Gasteiger partial charge in [-0.15, -0.1) is 0 Å². The van der Waals surface area contributed by atoms with Crippen LogP contribution in [0.5, 0.6) is 0 Å². The zero-order valence-corrected chi connectivity index (χ0v) is 16.8. The number of rotatable bonds is 5. The van der Waals surface area contributed by atoms with E-state index < -0.39 is 6.04 Å². The molecule has 0 aliphatic heterocycles. The minimum absolute atomic E-state index is 0.0644. The maximum absolute atomic E-state index is 12.4. The number of benzene rings is 2. The van der Waals surface area contributed by atoms with Gasteiger partial charge in [0.25, 0.3) is 0 Å². The molecule has 1 N–H and O–H groups in total. The molecule has 0 unspecified atom stereocenters. The van der Waals surface area contributed by atoms with E-state index in [0.29, 0.717) is 6.42 Å². The van der Waals surface area contributed by atoms with E-state index in [1.54, 1.807) is 11.7 Å².